The maximum atomic E-state index is 6.25. The molecule has 1 aliphatic carbocycles. The van der Waals surface area contributed by atoms with Crippen LogP contribution in [0.5, 0.6) is 0 Å². The molecule has 4 aromatic heterocycles. The summed E-state index contributed by atoms with van der Waals surface area (Å²) < 4.78 is 7.67. The van der Waals surface area contributed by atoms with Crippen LogP contribution in [-0.2, 0) is 0 Å². The number of nitrogens with one attached hydrogen (secondary N) is 1. The van der Waals surface area contributed by atoms with Gasteiger partial charge in [0.25, 0.3) is 0 Å². The average Bonchev–Trinajstić information content (AvgIpc) is 3.34. The molecule has 2 fully saturated rings. The molecule has 1 saturated carbocycles. The van der Waals surface area contributed by atoms with Crippen LogP contribution >= 0.6 is 0 Å². The SMILES string of the molecule is CC(C)n1nc(-c2noc(C3CC3)c2-c2ncc(C3CNC3)cn2)c2c(N)ncnc21. The van der Waals surface area contributed by atoms with Crippen molar-refractivity contribution in [3.05, 3.63) is 30.0 Å². The molecule has 3 N–H and O–H groups in total. The van der Waals surface area contributed by atoms with Crippen LogP contribution < -0.4 is 11.1 Å². The Kier molecular flexibility index (Phi) is 4.04. The summed E-state index contributed by atoms with van der Waals surface area (Å²) in [5.41, 5.74) is 10.0. The Morgan fingerprint density at radius 2 is 1.84 bits per heavy atom. The first-order chi connectivity index (χ1) is 15.1. The second-order valence-electron chi connectivity index (χ2n) is 8.58. The molecule has 1 aliphatic heterocycles. The molecule has 10 heteroatoms. The largest absolute Gasteiger partial charge is 0.383 e. The first kappa shape index (κ1) is 18.4. The molecule has 0 amide bonds. The Morgan fingerprint density at radius 3 is 2.48 bits per heavy atom. The highest BCUT2D eigenvalue weighted by molar-refractivity contribution is 6.00. The zero-order valence-corrected chi connectivity index (χ0v) is 17.4. The number of nitrogen functional groups attached to an aromatic ring is 1. The van der Waals surface area contributed by atoms with Gasteiger partial charge in [0.2, 0.25) is 0 Å². The molecule has 31 heavy (non-hydrogen) atoms. The summed E-state index contributed by atoms with van der Waals surface area (Å²) in [5, 5.41) is 13.2. The van der Waals surface area contributed by atoms with E-state index in [1.54, 1.807) is 0 Å². The third-order valence-corrected chi connectivity index (χ3v) is 6.05. The normalized spacial score (nSPS) is 16.9. The van der Waals surface area contributed by atoms with Crippen molar-refractivity contribution in [3.8, 4) is 22.8 Å². The van der Waals surface area contributed by atoms with Crippen LogP contribution in [0.4, 0.5) is 5.82 Å². The lowest BCUT2D eigenvalue weighted by Crippen LogP contribution is -2.39. The van der Waals surface area contributed by atoms with Crippen molar-refractivity contribution in [2.24, 2.45) is 0 Å². The van der Waals surface area contributed by atoms with Gasteiger partial charge in [-0.2, -0.15) is 5.10 Å². The lowest BCUT2D eigenvalue weighted by atomic mass is 9.96. The summed E-state index contributed by atoms with van der Waals surface area (Å²) in [6, 6.07) is 0.0930. The number of hydrogen-bond donors (Lipinski definition) is 2. The zero-order valence-electron chi connectivity index (χ0n) is 17.4. The van der Waals surface area contributed by atoms with Crippen molar-refractivity contribution in [3.63, 3.8) is 0 Å². The third kappa shape index (κ3) is 2.89. The molecule has 0 aromatic carbocycles. The minimum absolute atomic E-state index is 0.0930. The molecule has 0 bridgehead atoms. The number of nitrogens with two attached hydrogens (primary N) is 1. The summed E-state index contributed by atoms with van der Waals surface area (Å²) in [6.45, 7) is 6.02. The second-order valence-corrected chi connectivity index (χ2v) is 8.58. The second kappa shape index (κ2) is 6.81. The van der Waals surface area contributed by atoms with Crippen molar-refractivity contribution in [1.29, 1.82) is 0 Å². The summed E-state index contributed by atoms with van der Waals surface area (Å²) >= 11 is 0. The van der Waals surface area contributed by atoms with E-state index in [-0.39, 0.29) is 6.04 Å². The van der Waals surface area contributed by atoms with Gasteiger partial charge >= 0.3 is 0 Å². The Labute approximate surface area is 178 Å². The van der Waals surface area contributed by atoms with E-state index >= 15 is 0 Å². The molecule has 158 valence electrons. The molecule has 5 heterocycles. The minimum Gasteiger partial charge on any atom is -0.383 e. The molecule has 0 atom stereocenters. The van der Waals surface area contributed by atoms with Crippen LogP contribution in [0.3, 0.4) is 0 Å². The van der Waals surface area contributed by atoms with Crippen molar-refractivity contribution >= 4 is 16.9 Å². The van der Waals surface area contributed by atoms with E-state index in [1.807, 2.05) is 30.9 Å². The van der Waals surface area contributed by atoms with Gasteiger partial charge in [0.15, 0.2) is 17.2 Å². The van der Waals surface area contributed by atoms with E-state index in [9.17, 15) is 0 Å². The number of hydrogen-bond acceptors (Lipinski definition) is 9. The van der Waals surface area contributed by atoms with Crippen LogP contribution in [0.1, 0.15) is 55.9 Å². The van der Waals surface area contributed by atoms with Crippen molar-refractivity contribution in [1.82, 2.24) is 40.2 Å². The molecule has 0 spiro atoms. The number of nitrogens with zero attached hydrogens (tertiary/aromatic N) is 7. The lowest BCUT2D eigenvalue weighted by molar-refractivity contribution is 0.386. The molecule has 10 nitrogen and oxygen atoms in total. The van der Waals surface area contributed by atoms with E-state index < -0.39 is 0 Å². The van der Waals surface area contributed by atoms with Crippen LogP contribution in [0, 0.1) is 0 Å². The van der Waals surface area contributed by atoms with E-state index in [1.165, 1.54) is 6.33 Å². The Morgan fingerprint density at radius 1 is 1.06 bits per heavy atom. The summed E-state index contributed by atoms with van der Waals surface area (Å²) in [5.74, 6) is 2.58. The van der Waals surface area contributed by atoms with Gasteiger partial charge in [0.05, 0.1) is 10.9 Å². The smallest absolute Gasteiger partial charge is 0.165 e. The van der Waals surface area contributed by atoms with Gasteiger partial charge in [0.1, 0.15) is 23.5 Å². The molecule has 0 radical (unpaired) electrons. The highest BCUT2D eigenvalue weighted by atomic mass is 16.5. The van der Waals surface area contributed by atoms with Gasteiger partial charge in [-0.3, -0.25) is 0 Å². The van der Waals surface area contributed by atoms with Crippen molar-refractivity contribution in [2.45, 2.75) is 44.6 Å². The molecule has 1 saturated heterocycles. The first-order valence-electron chi connectivity index (χ1n) is 10.6. The van der Waals surface area contributed by atoms with Gasteiger partial charge in [0, 0.05) is 43.4 Å². The Bertz CT molecular complexity index is 1270. The van der Waals surface area contributed by atoms with Crippen molar-refractivity contribution < 1.29 is 4.52 Å². The minimum atomic E-state index is 0.0930. The molecule has 2 aliphatic rings. The van der Waals surface area contributed by atoms with E-state index in [2.05, 4.69) is 30.4 Å². The fraction of sp³-hybridized carbons (Fsp3) is 0.429. The number of aromatic nitrogens is 7. The van der Waals surface area contributed by atoms with E-state index in [0.717, 1.165) is 42.8 Å². The van der Waals surface area contributed by atoms with Gasteiger partial charge in [-0.1, -0.05) is 5.16 Å². The van der Waals surface area contributed by atoms with Crippen LogP contribution in [-0.4, -0.2) is 48.0 Å². The molecular weight excluding hydrogens is 394 g/mol. The fourth-order valence-corrected chi connectivity index (χ4v) is 4.03. The Balaban J connectivity index is 1.54. The number of anilines is 1. The maximum Gasteiger partial charge on any atom is 0.165 e. The van der Waals surface area contributed by atoms with E-state index in [0.29, 0.717) is 45.9 Å². The summed E-state index contributed by atoms with van der Waals surface area (Å²) in [6.07, 6.45) is 7.41. The number of rotatable bonds is 5. The highest BCUT2D eigenvalue weighted by Crippen LogP contribution is 2.47. The quantitative estimate of drug-likeness (QED) is 0.502. The van der Waals surface area contributed by atoms with Crippen LogP contribution in [0.2, 0.25) is 0 Å². The molecule has 4 aromatic rings. The summed E-state index contributed by atoms with van der Waals surface area (Å²) in [4.78, 5) is 18.0. The highest BCUT2D eigenvalue weighted by Gasteiger charge is 2.36. The van der Waals surface area contributed by atoms with Gasteiger partial charge < -0.3 is 15.6 Å². The molecular formula is C21H23N9O. The lowest BCUT2D eigenvalue weighted by Gasteiger charge is -2.26. The van der Waals surface area contributed by atoms with Crippen molar-refractivity contribution in [2.75, 3.05) is 18.8 Å². The van der Waals surface area contributed by atoms with E-state index in [4.69, 9.17) is 15.4 Å². The van der Waals surface area contributed by atoms with Gasteiger partial charge in [-0.05, 0) is 32.3 Å². The topological polar surface area (TPSA) is 133 Å². The fourth-order valence-electron chi connectivity index (χ4n) is 4.03. The predicted octanol–water partition coefficient (Wildman–Crippen LogP) is 2.67. The number of fused-ring (bicyclic) bond motifs is 1. The summed E-state index contributed by atoms with van der Waals surface area (Å²) in [7, 11) is 0. The zero-order chi connectivity index (χ0) is 21.1. The third-order valence-electron chi connectivity index (χ3n) is 6.05. The standard InChI is InChI=1S/C21H23N9O/c1-10(2)30-21-15(19(22)26-9-27-21)16(28-30)17-14(18(31-29-17)11-3-4-11)20-24-7-13(8-25-20)12-5-23-6-12/h7-12,23H,3-6H2,1-2H3,(H2,22,26,27). The van der Waals surface area contributed by atoms with Crippen LogP contribution in [0.15, 0.2) is 23.2 Å². The van der Waals surface area contributed by atoms with Crippen LogP contribution in [0.25, 0.3) is 33.8 Å². The first-order valence-corrected chi connectivity index (χ1v) is 10.6. The monoisotopic (exact) mass is 417 g/mol. The molecule has 0 unspecified atom stereocenters. The predicted molar refractivity (Wildman–Crippen MR) is 114 cm³/mol. The van der Waals surface area contributed by atoms with Gasteiger partial charge in [-0.25, -0.2) is 24.6 Å². The van der Waals surface area contributed by atoms with Gasteiger partial charge in [-0.15, -0.1) is 0 Å². The molecule has 6 rings (SSSR count). The Hall–Kier alpha value is -3.40. The maximum absolute atomic E-state index is 6.25. The average molecular weight is 417 g/mol.